The minimum Gasteiger partial charge on any atom is -0.349 e. The Labute approximate surface area is 118 Å². The summed E-state index contributed by atoms with van der Waals surface area (Å²) in [5.41, 5.74) is 0.590. The topological polar surface area (TPSA) is 56.1 Å². The van der Waals surface area contributed by atoms with Gasteiger partial charge in [-0.25, -0.2) is 0 Å². The van der Waals surface area contributed by atoms with Crippen LogP contribution in [0.25, 0.3) is 0 Å². The van der Waals surface area contributed by atoms with Crippen molar-refractivity contribution >= 4 is 17.5 Å². The van der Waals surface area contributed by atoms with Gasteiger partial charge in [0.15, 0.2) is 0 Å². The normalized spacial score (nSPS) is 16.8. The number of carbonyl (C=O) groups is 1. The van der Waals surface area contributed by atoms with Gasteiger partial charge in [-0.15, -0.1) is 0 Å². The van der Waals surface area contributed by atoms with Crippen molar-refractivity contribution in [3.63, 3.8) is 0 Å². The van der Waals surface area contributed by atoms with E-state index in [-0.39, 0.29) is 11.9 Å². The highest BCUT2D eigenvalue weighted by Crippen LogP contribution is 2.13. The molecule has 0 atom stereocenters. The first-order chi connectivity index (χ1) is 9.19. The second kappa shape index (κ2) is 6.55. The second-order valence-electron chi connectivity index (χ2n) is 4.69. The van der Waals surface area contributed by atoms with Crippen molar-refractivity contribution in [1.82, 2.24) is 10.2 Å². The second-order valence-corrected chi connectivity index (χ2v) is 5.13. The third kappa shape index (κ3) is 3.95. The molecule has 0 saturated carbocycles. The van der Waals surface area contributed by atoms with Crippen molar-refractivity contribution in [1.29, 1.82) is 5.26 Å². The lowest BCUT2D eigenvalue weighted by molar-refractivity contribution is 0.0914. The molecule has 1 aliphatic heterocycles. The lowest BCUT2D eigenvalue weighted by atomic mass is 10.0. The number of hydrogen-bond donors (Lipinski definition) is 1. The van der Waals surface area contributed by atoms with Crippen LogP contribution in [-0.2, 0) is 0 Å². The highest BCUT2D eigenvalue weighted by Gasteiger charge is 2.20. The number of hydrogen-bond acceptors (Lipinski definition) is 3. The van der Waals surface area contributed by atoms with Crippen LogP contribution in [0.2, 0.25) is 5.02 Å². The van der Waals surface area contributed by atoms with Crippen molar-refractivity contribution in [2.45, 2.75) is 18.9 Å². The van der Waals surface area contributed by atoms with E-state index in [1.807, 2.05) is 0 Å². The number of likely N-dealkylation sites (tertiary alicyclic amines) is 1. The minimum atomic E-state index is -0.0822. The Balaban J connectivity index is 1.86. The van der Waals surface area contributed by atoms with Crippen LogP contribution in [0.1, 0.15) is 23.2 Å². The molecular weight excluding hydrogens is 262 g/mol. The molecule has 19 heavy (non-hydrogen) atoms. The molecule has 5 heteroatoms. The van der Waals surface area contributed by atoms with Crippen LogP contribution in [0.5, 0.6) is 0 Å². The quantitative estimate of drug-likeness (QED) is 0.861. The molecule has 0 bridgehead atoms. The van der Waals surface area contributed by atoms with Crippen LogP contribution in [0.4, 0.5) is 0 Å². The van der Waals surface area contributed by atoms with E-state index < -0.39 is 0 Å². The number of benzene rings is 1. The Kier molecular flexibility index (Phi) is 4.78. The van der Waals surface area contributed by atoms with Crippen molar-refractivity contribution in [2.75, 3.05) is 19.6 Å². The van der Waals surface area contributed by atoms with Gasteiger partial charge in [0.2, 0.25) is 0 Å². The van der Waals surface area contributed by atoms with Gasteiger partial charge in [-0.1, -0.05) is 17.7 Å². The molecule has 1 aliphatic rings. The highest BCUT2D eigenvalue weighted by atomic mass is 35.5. The molecule has 0 spiro atoms. The van der Waals surface area contributed by atoms with Crippen LogP contribution in [-0.4, -0.2) is 36.5 Å². The van der Waals surface area contributed by atoms with Gasteiger partial charge in [0.1, 0.15) is 0 Å². The van der Waals surface area contributed by atoms with E-state index in [9.17, 15) is 4.79 Å². The summed E-state index contributed by atoms with van der Waals surface area (Å²) in [5, 5.41) is 12.2. The summed E-state index contributed by atoms with van der Waals surface area (Å²) in [7, 11) is 0. The zero-order chi connectivity index (χ0) is 13.7. The van der Waals surface area contributed by atoms with Gasteiger partial charge >= 0.3 is 0 Å². The Hall–Kier alpha value is -1.57. The summed E-state index contributed by atoms with van der Waals surface area (Å²) < 4.78 is 0. The highest BCUT2D eigenvalue weighted by molar-refractivity contribution is 6.30. The molecule has 0 aliphatic carbocycles. The molecule has 1 aromatic carbocycles. The summed E-state index contributed by atoms with van der Waals surface area (Å²) in [6.45, 7) is 2.18. The van der Waals surface area contributed by atoms with E-state index in [1.54, 1.807) is 24.3 Å². The van der Waals surface area contributed by atoms with E-state index in [1.165, 1.54) is 0 Å². The zero-order valence-corrected chi connectivity index (χ0v) is 11.4. The van der Waals surface area contributed by atoms with E-state index in [4.69, 9.17) is 16.9 Å². The van der Waals surface area contributed by atoms with E-state index in [2.05, 4.69) is 16.3 Å². The lowest BCUT2D eigenvalue weighted by Crippen LogP contribution is -2.44. The fourth-order valence-electron chi connectivity index (χ4n) is 2.23. The maximum atomic E-state index is 12.0. The number of nitrogens with zero attached hydrogens (tertiary/aromatic N) is 2. The first-order valence-corrected chi connectivity index (χ1v) is 6.72. The van der Waals surface area contributed by atoms with Crippen molar-refractivity contribution in [2.24, 2.45) is 0 Å². The summed E-state index contributed by atoms with van der Waals surface area (Å²) >= 11 is 5.87. The van der Waals surface area contributed by atoms with Gasteiger partial charge in [0, 0.05) is 29.7 Å². The molecule has 100 valence electrons. The molecule has 1 saturated heterocycles. The lowest BCUT2D eigenvalue weighted by Gasteiger charge is -2.30. The maximum absolute atomic E-state index is 12.0. The zero-order valence-electron chi connectivity index (χ0n) is 10.6. The fourth-order valence-corrected chi connectivity index (χ4v) is 2.42. The Morgan fingerprint density at radius 1 is 1.47 bits per heavy atom. The van der Waals surface area contributed by atoms with Gasteiger partial charge < -0.3 is 5.32 Å². The maximum Gasteiger partial charge on any atom is 0.251 e. The van der Waals surface area contributed by atoms with E-state index >= 15 is 0 Å². The Morgan fingerprint density at radius 3 is 2.84 bits per heavy atom. The molecule has 1 aromatic rings. The third-order valence-corrected chi connectivity index (χ3v) is 3.54. The molecular formula is C14H16ClN3O. The number of piperidine rings is 1. The van der Waals surface area contributed by atoms with E-state index in [0.29, 0.717) is 17.1 Å². The smallest absolute Gasteiger partial charge is 0.251 e. The monoisotopic (exact) mass is 277 g/mol. The van der Waals surface area contributed by atoms with Gasteiger partial charge in [-0.3, -0.25) is 9.69 Å². The fraction of sp³-hybridized carbons (Fsp3) is 0.429. The summed E-state index contributed by atoms with van der Waals surface area (Å²) in [6, 6.07) is 9.27. The number of halogens is 1. The summed E-state index contributed by atoms with van der Waals surface area (Å²) in [5.74, 6) is -0.0822. The molecule has 0 radical (unpaired) electrons. The SMILES string of the molecule is N#CCN1CCC(NC(=O)c2cccc(Cl)c2)CC1. The predicted octanol–water partition coefficient (Wildman–Crippen LogP) is 2.06. The predicted molar refractivity (Wildman–Crippen MR) is 74.0 cm³/mol. The van der Waals surface area contributed by atoms with Crippen molar-refractivity contribution in [3.05, 3.63) is 34.9 Å². The molecule has 1 fully saturated rings. The van der Waals surface area contributed by atoms with Gasteiger partial charge in [-0.2, -0.15) is 5.26 Å². The number of amides is 1. The van der Waals surface area contributed by atoms with E-state index in [0.717, 1.165) is 25.9 Å². The van der Waals surface area contributed by atoms with Crippen LogP contribution in [0.3, 0.4) is 0 Å². The number of nitriles is 1. The summed E-state index contributed by atoms with van der Waals surface area (Å²) in [6.07, 6.45) is 1.77. The first kappa shape index (κ1) is 13.9. The third-order valence-electron chi connectivity index (χ3n) is 3.30. The van der Waals surface area contributed by atoms with Crippen LogP contribution in [0.15, 0.2) is 24.3 Å². The van der Waals surface area contributed by atoms with Gasteiger partial charge in [0.05, 0.1) is 12.6 Å². The average molecular weight is 278 g/mol. The van der Waals surface area contributed by atoms with Crippen molar-refractivity contribution < 1.29 is 4.79 Å². The molecule has 2 rings (SSSR count). The molecule has 4 nitrogen and oxygen atoms in total. The standard InChI is InChI=1S/C14H16ClN3O/c15-12-3-1-2-11(10-12)14(19)17-13-4-7-18(8-5-13)9-6-16/h1-3,10,13H,4-5,7-9H2,(H,17,19). The molecule has 1 amide bonds. The van der Waals surface area contributed by atoms with Crippen molar-refractivity contribution in [3.8, 4) is 6.07 Å². The Morgan fingerprint density at radius 2 is 2.21 bits per heavy atom. The molecule has 0 aromatic heterocycles. The van der Waals surface area contributed by atoms with Crippen LogP contribution < -0.4 is 5.32 Å². The Bertz CT molecular complexity index is 490. The number of nitrogens with one attached hydrogen (secondary N) is 1. The number of rotatable bonds is 3. The van der Waals surface area contributed by atoms with Crippen LogP contribution >= 0.6 is 11.6 Å². The number of carbonyl (C=O) groups excluding carboxylic acids is 1. The van der Waals surface area contributed by atoms with Gasteiger partial charge in [0.25, 0.3) is 5.91 Å². The molecule has 1 N–H and O–H groups in total. The summed E-state index contributed by atoms with van der Waals surface area (Å²) in [4.78, 5) is 14.1. The first-order valence-electron chi connectivity index (χ1n) is 6.35. The minimum absolute atomic E-state index is 0.0822. The average Bonchev–Trinajstić information content (AvgIpc) is 2.41. The molecule has 0 unspecified atom stereocenters. The largest absolute Gasteiger partial charge is 0.349 e. The van der Waals surface area contributed by atoms with Crippen LogP contribution in [0, 0.1) is 11.3 Å². The molecule has 1 heterocycles. The van der Waals surface area contributed by atoms with Gasteiger partial charge in [-0.05, 0) is 31.0 Å².